The molecule has 1 heterocycles. The Morgan fingerprint density at radius 1 is 1.56 bits per heavy atom. The van der Waals surface area contributed by atoms with Gasteiger partial charge in [-0.3, -0.25) is 4.79 Å². The molecule has 1 aliphatic rings. The van der Waals surface area contributed by atoms with E-state index in [1.165, 1.54) is 12.8 Å². The highest BCUT2D eigenvalue weighted by atomic mass is 35.5. The molecule has 2 N–H and O–H groups in total. The first-order chi connectivity index (χ1) is 8.63. The van der Waals surface area contributed by atoms with Gasteiger partial charge in [0.15, 0.2) is 0 Å². The number of carbonyl (C=O) groups is 1. The molecule has 0 bridgehead atoms. The van der Waals surface area contributed by atoms with Gasteiger partial charge >= 0.3 is 0 Å². The fourth-order valence-electron chi connectivity index (χ4n) is 2.59. The summed E-state index contributed by atoms with van der Waals surface area (Å²) in [6.45, 7) is 3.82. The van der Waals surface area contributed by atoms with Gasteiger partial charge in [0, 0.05) is 18.8 Å². The van der Waals surface area contributed by atoms with E-state index in [9.17, 15) is 4.79 Å². The summed E-state index contributed by atoms with van der Waals surface area (Å²) in [5.41, 5.74) is 6.77. The fourth-order valence-corrected chi connectivity index (χ4v) is 2.85. The molecule has 0 spiro atoms. The smallest absolute Gasteiger partial charge is 0.257 e. The van der Waals surface area contributed by atoms with Crippen LogP contribution in [-0.2, 0) is 0 Å². The van der Waals surface area contributed by atoms with E-state index in [1.807, 2.05) is 4.90 Å². The summed E-state index contributed by atoms with van der Waals surface area (Å²) >= 11 is 6.07. The van der Waals surface area contributed by atoms with Crippen LogP contribution in [0, 0.1) is 5.92 Å². The monoisotopic (exact) mass is 266 g/mol. The first-order valence-electron chi connectivity index (χ1n) is 6.46. The lowest BCUT2D eigenvalue weighted by Gasteiger charge is -2.18. The van der Waals surface area contributed by atoms with E-state index in [-0.39, 0.29) is 5.91 Å². The third kappa shape index (κ3) is 2.61. The van der Waals surface area contributed by atoms with Crippen LogP contribution < -0.4 is 5.73 Å². The molecule has 1 aromatic carbocycles. The van der Waals surface area contributed by atoms with Crippen LogP contribution >= 0.6 is 11.6 Å². The van der Waals surface area contributed by atoms with Gasteiger partial charge in [0.1, 0.15) is 0 Å². The van der Waals surface area contributed by atoms with Gasteiger partial charge in [-0.2, -0.15) is 0 Å². The largest absolute Gasteiger partial charge is 0.398 e. The highest BCUT2D eigenvalue weighted by molar-refractivity contribution is 6.34. The van der Waals surface area contributed by atoms with Gasteiger partial charge in [-0.1, -0.05) is 31.0 Å². The van der Waals surface area contributed by atoms with Gasteiger partial charge < -0.3 is 10.6 Å². The van der Waals surface area contributed by atoms with Crippen LogP contribution in [0.4, 0.5) is 5.69 Å². The Morgan fingerprint density at radius 2 is 2.33 bits per heavy atom. The van der Waals surface area contributed by atoms with E-state index in [2.05, 4.69) is 6.92 Å². The zero-order chi connectivity index (χ0) is 13.1. The molecule has 0 radical (unpaired) electrons. The molecule has 2 rings (SSSR count). The topological polar surface area (TPSA) is 46.3 Å². The number of nitrogen functional groups attached to an aromatic ring is 1. The minimum Gasteiger partial charge on any atom is -0.398 e. The molecule has 1 saturated heterocycles. The molecule has 0 saturated carbocycles. The molecule has 4 heteroatoms. The number of rotatable bonds is 3. The van der Waals surface area contributed by atoms with Crippen molar-refractivity contribution in [1.29, 1.82) is 0 Å². The van der Waals surface area contributed by atoms with Crippen molar-refractivity contribution >= 4 is 23.2 Å². The van der Waals surface area contributed by atoms with Crippen molar-refractivity contribution in [2.75, 3.05) is 18.8 Å². The van der Waals surface area contributed by atoms with Gasteiger partial charge in [-0.15, -0.1) is 0 Å². The molecular formula is C14H19ClN2O. The Balaban J connectivity index is 2.13. The number of anilines is 1. The van der Waals surface area contributed by atoms with Gasteiger partial charge in [0.05, 0.1) is 10.6 Å². The predicted octanol–water partition coefficient (Wildman–Crippen LogP) is 3.18. The van der Waals surface area contributed by atoms with Crippen LogP contribution in [0.25, 0.3) is 0 Å². The third-order valence-electron chi connectivity index (χ3n) is 3.53. The summed E-state index contributed by atoms with van der Waals surface area (Å²) in [7, 11) is 0. The van der Waals surface area contributed by atoms with Gasteiger partial charge in [-0.05, 0) is 30.9 Å². The Bertz CT molecular complexity index is 427. The van der Waals surface area contributed by atoms with Crippen LogP contribution in [0.15, 0.2) is 18.2 Å². The second kappa shape index (κ2) is 5.61. The SMILES string of the molecule is CCCC1CCN(C(=O)c2c(N)cccc2Cl)C1. The number of hydrogen-bond donors (Lipinski definition) is 1. The average Bonchev–Trinajstić information content (AvgIpc) is 2.78. The standard InChI is InChI=1S/C14H19ClN2O/c1-2-4-10-7-8-17(9-10)14(18)13-11(15)5-3-6-12(13)16/h3,5-6,10H,2,4,7-9,16H2,1H3. The highest BCUT2D eigenvalue weighted by Gasteiger charge is 2.28. The minimum absolute atomic E-state index is 0.0308. The van der Waals surface area contributed by atoms with Crippen molar-refractivity contribution in [1.82, 2.24) is 4.90 Å². The zero-order valence-electron chi connectivity index (χ0n) is 10.7. The first-order valence-corrected chi connectivity index (χ1v) is 6.84. The lowest BCUT2D eigenvalue weighted by atomic mass is 10.0. The molecule has 1 unspecified atom stereocenters. The van der Waals surface area contributed by atoms with Crippen molar-refractivity contribution in [2.24, 2.45) is 5.92 Å². The first kappa shape index (κ1) is 13.2. The van der Waals surface area contributed by atoms with Crippen molar-refractivity contribution < 1.29 is 4.79 Å². The minimum atomic E-state index is -0.0308. The zero-order valence-corrected chi connectivity index (χ0v) is 11.4. The average molecular weight is 267 g/mol. The number of amides is 1. The van der Waals surface area contributed by atoms with E-state index in [0.717, 1.165) is 19.5 Å². The molecule has 3 nitrogen and oxygen atoms in total. The Morgan fingerprint density at radius 3 is 3.00 bits per heavy atom. The molecule has 1 aromatic rings. The maximum absolute atomic E-state index is 12.4. The number of benzene rings is 1. The van der Waals surface area contributed by atoms with E-state index in [0.29, 0.717) is 22.2 Å². The Labute approximate surface area is 113 Å². The Kier molecular flexibility index (Phi) is 4.12. The Hall–Kier alpha value is -1.22. The van der Waals surface area contributed by atoms with Gasteiger partial charge in [0.2, 0.25) is 0 Å². The molecule has 0 aromatic heterocycles. The quantitative estimate of drug-likeness (QED) is 0.854. The molecule has 1 atom stereocenters. The number of halogens is 1. The van der Waals surface area contributed by atoms with Crippen LogP contribution in [0.5, 0.6) is 0 Å². The van der Waals surface area contributed by atoms with E-state index in [1.54, 1.807) is 18.2 Å². The number of hydrogen-bond acceptors (Lipinski definition) is 2. The number of nitrogens with zero attached hydrogens (tertiary/aromatic N) is 1. The van der Waals surface area contributed by atoms with Gasteiger partial charge in [-0.25, -0.2) is 0 Å². The summed E-state index contributed by atoms with van der Waals surface area (Å²) in [6, 6.07) is 5.20. The van der Waals surface area contributed by atoms with Crippen LogP contribution in [0.3, 0.4) is 0 Å². The summed E-state index contributed by atoms with van der Waals surface area (Å²) in [5, 5.41) is 0.443. The molecule has 18 heavy (non-hydrogen) atoms. The number of likely N-dealkylation sites (tertiary alicyclic amines) is 1. The lowest BCUT2D eigenvalue weighted by molar-refractivity contribution is 0.0787. The fraction of sp³-hybridized carbons (Fsp3) is 0.500. The third-order valence-corrected chi connectivity index (χ3v) is 3.84. The van der Waals surface area contributed by atoms with Crippen LogP contribution in [0.1, 0.15) is 36.5 Å². The maximum atomic E-state index is 12.4. The molecule has 1 fully saturated rings. The molecule has 0 aliphatic carbocycles. The number of carbonyl (C=O) groups excluding carboxylic acids is 1. The van der Waals surface area contributed by atoms with Crippen molar-refractivity contribution in [3.63, 3.8) is 0 Å². The second-order valence-electron chi connectivity index (χ2n) is 4.90. The van der Waals surface area contributed by atoms with Gasteiger partial charge in [0.25, 0.3) is 5.91 Å². The van der Waals surface area contributed by atoms with E-state index >= 15 is 0 Å². The van der Waals surface area contributed by atoms with Crippen molar-refractivity contribution in [3.8, 4) is 0 Å². The summed E-state index contributed by atoms with van der Waals surface area (Å²) < 4.78 is 0. The highest BCUT2D eigenvalue weighted by Crippen LogP contribution is 2.27. The predicted molar refractivity (Wildman–Crippen MR) is 74.8 cm³/mol. The molecular weight excluding hydrogens is 248 g/mol. The summed E-state index contributed by atoms with van der Waals surface area (Å²) in [6.07, 6.45) is 3.44. The lowest BCUT2D eigenvalue weighted by Crippen LogP contribution is -2.29. The van der Waals surface area contributed by atoms with Crippen molar-refractivity contribution in [2.45, 2.75) is 26.2 Å². The second-order valence-corrected chi connectivity index (χ2v) is 5.31. The normalized spacial score (nSPS) is 19.2. The number of nitrogens with two attached hydrogens (primary N) is 1. The van der Waals surface area contributed by atoms with Crippen LogP contribution in [-0.4, -0.2) is 23.9 Å². The van der Waals surface area contributed by atoms with Crippen LogP contribution in [0.2, 0.25) is 5.02 Å². The molecule has 1 amide bonds. The van der Waals surface area contributed by atoms with Crippen molar-refractivity contribution in [3.05, 3.63) is 28.8 Å². The van der Waals surface area contributed by atoms with E-state index in [4.69, 9.17) is 17.3 Å². The summed E-state index contributed by atoms with van der Waals surface area (Å²) in [4.78, 5) is 14.3. The maximum Gasteiger partial charge on any atom is 0.257 e. The molecule has 1 aliphatic heterocycles. The molecule has 98 valence electrons. The van der Waals surface area contributed by atoms with E-state index < -0.39 is 0 Å². The summed E-state index contributed by atoms with van der Waals surface area (Å²) in [5.74, 6) is 0.597.